The first-order valence-electron chi connectivity index (χ1n) is 5.06. The van der Waals surface area contributed by atoms with Gasteiger partial charge in [0.25, 0.3) is 0 Å². The molecule has 0 saturated carbocycles. The van der Waals surface area contributed by atoms with Crippen molar-refractivity contribution in [2.24, 2.45) is 5.41 Å². The molecule has 2 rings (SSSR count). The Labute approximate surface area is 101 Å². The van der Waals surface area contributed by atoms with Gasteiger partial charge in [-0.2, -0.15) is 0 Å². The van der Waals surface area contributed by atoms with E-state index in [0.717, 1.165) is 0 Å². The number of rotatable bonds is 0. The molecule has 0 atom stereocenters. The first-order valence-corrected chi connectivity index (χ1v) is 7.09. The Hall–Kier alpha value is -0.740. The van der Waals surface area contributed by atoms with E-state index in [4.69, 9.17) is 11.6 Å². The zero-order valence-electron chi connectivity index (χ0n) is 9.25. The second-order valence-electron chi connectivity index (χ2n) is 4.92. The van der Waals surface area contributed by atoms with E-state index in [-0.39, 0.29) is 11.2 Å². The predicted octanol–water partition coefficient (Wildman–Crippen LogP) is 2.57. The van der Waals surface area contributed by atoms with Crippen LogP contribution in [0.4, 0.5) is 5.69 Å². The molecular formula is C11H14ClNO2S. The molecule has 16 heavy (non-hydrogen) atoms. The highest BCUT2D eigenvalue weighted by Gasteiger charge is 2.32. The highest BCUT2D eigenvalue weighted by atomic mass is 35.5. The lowest BCUT2D eigenvalue weighted by Crippen LogP contribution is -2.28. The topological polar surface area (TPSA) is 46.2 Å². The molecule has 0 bridgehead atoms. The number of halogens is 1. The van der Waals surface area contributed by atoms with E-state index in [9.17, 15) is 8.42 Å². The number of benzene rings is 1. The van der Waals surface area contributed by atoms with Crippen LogP contribution in [-0.2, 0) is 9.84 Å². The maximum atomic E-state index is 12.2. The van der Waals surface area contributed by atoms with Crippen molar-refractivity contribution in [3.8, 4) is 0 Å². The molecule has 0 unspecified atom stereocenters. The van der Waals surface area contributed by atoms with E-state index in [0.29, 0.717) is 22.2 Å². The molecule has 0 saturated heterocycles. The van der Waals surface area contributed by atoms with Crippen LogP contribution in [-0.4, -0.2) is 20.7 Å². The largest absolute Gasteiger partial charge is 0.383 e. The predicted molar refractivity (Wildman–Crippen MR) is 65.8 cm³/mol. The minimum absolute atomic E-state index is 0.139. The van der Waals surface area contributed by atoms with Gasteiger partial charge in [0.15, 0.2) is 9.84 Å². The molecule has 1 aliphatic heterocycles. The Morgan fingerprint density at radius 3 is 2.75 bits per heavy atom. The molecule has 0 aromatic heterocycles. The highest BCUT2D eigenvalue weighted by Crippen LogP contribution is 2.33. The maximum Gasteiger partial charge on any atom is 0.181 e. The molecule has 0 aliphatic carbocycles. The lowest BCUT2D eigenvalue weighted by Gasteiger charge is -2.20. The number of nitrogens with one attached hydrogen (secondary N) is 1. The van der Waals surface area contributed by atoms with Crippen molar-refractivity contribution >= 4 is 27.1 Å². The van der Waals surface area contributed by atoms with Crippen LogP contribution >= 0.6 is 11.6 Å². The average molecular weight is 260 g/mol. The van der Waals surface area contributed by atoms with Crippen LogP contribution in [0.5, 0.6) is 0 Å². The fourth-order valence-electron chi connectivity index (χ4n) is 1.88. The van der Waals surface area contributed by atoms with E-state index < -0.39 is 9.84 Å². The normalized spacial score (nSPS) is 21.7. The van der Waals surface area contributed by atoms with Crippen LogP contribution in [0.2, 0.25) is 5.02 Å². The Morgan fingerprint density at radius 1 is 1.38 bits per heavy atom. The van der Waals surface area contributed by atoms with Gasteiger partial charge in [-0.15, -0.1) is 0 Å². The van der Waals surface area contributed by atoms with Gasteiger partial charge in [-0.3, -0.25) is 0 Å². The summed E-state index contributed by atoms with van der Waals surface area (Å²) in [5.74, 6) is 0.139. The monoisotopic (exact) mass is 259 g/mol. The summed E-state index contributed by atoms with van der Waals surface area (Å²) >= 11 is 5.84. The highest BCUT2D eigenvalue weighted by molar-refractivity contribution is 7.91. The fourth-order valence-corrected chi connectivity index (χ4v) is 4.18. The van der Waals surface area contributed by atoms with Gasteiger partial charge in [-0.25, -0.2) is 8.42 Å². The van der Waals surface area contributed by atoms with Crippen LogP contribution in [0.1, 0.15) is 13.8 Å². The second kappa shape index (κ2) is 3.64. The molecular weight excluding hydrogens is 246 g/mol. The first kappa shape index (κ1) is 11.7. The van der Waals surface area contributed by atoms with Crippen molar-refractivity contribution in [3.05, 3.63) is 23.2 Å². The zero-order valence-corrected chi connectivity index (χ0v) is 10.8. The standard InChI is InChI=1S/C11H14ClNO2S/c1-11(2)6-13-9-4-3-8(12)5-10(9)16(14,15)7-11/h3-5,13H,6-7H2,1-2H3. The fraction of sp³-hybridized carbons (Fsp3) is 0.455. The quantitative estimate of drug-likeness (QED) is 0.779. The third-order valence-corrected chi connectivity index (χ3v) is 5.02. The molecule has 0 spiro atoms. The maximum absolute atomic E-state index is 12.2. The van der Waals surface area contributed by atoms with Gasteiger partial charge in [0, 0.05) is 11.6 Å². The summed E-state index contributed by atoms with van der Waals surface area (Å²) in [6.45, 7) is 4.51. The summed E-state index contributed by atoms with van der Waals surface area (Å²) in [5.41, 5.74) is 0.375. The van der Waals surface area contributed by atoms with E-state index in [2.05, 4.69) is 5.32 Å². The summed E-state index contributed by atoms with van der Waals surface area (Å²) in [6, 6.07) is 4.93. The van der Waals surface area contributed by atoms with Gasteiger partial charge < -0.3 is 5.32 Å². The van der Waals surface area contributed by atoms with Crippen molar-refractivity contribution in [3.63, 3.8) is 0 Å². The zero-order chi connectivity index (χ0) is 12.0. The van der Waals surface area contributed by atoms with E-state index >= 15 is 0 Å². The Morgan fingerprint density at radius 2 is 2.06 bits per heavy atom. The van der Waals surface area contributed by atoms with E-state index in [1.165, 1.54) is 6.07 Å². The third kappa shape index (κ3) is 2.18. The summed E-state index contributed by atoms with van der Waals surface area (Å²) in [7, 11) is -3.26. The average Bonchev–Trinajstić information content (AvgIpc) is 2.21. The molecule has 1 heterocycles. The SMILES string of the molecule is CC1(C)CNc2ccc(Cl)cc2S(=O)(=O)C1. The van der Waals surface area contributed by atoms with Crippen LogP contribution in [0.3, 0.4) is 0 Å². The molecule has 1 aromatic rings. The minimum Gasteiger partial charge on any atom is -0.383 e. The molecule has 5 heteroatoms. The Balaban J connectivity index is 2.60. The number of anilines is 1. The van der Waals surface area contributed by atoms with Gasteiger partial charge in [0.2, 0.25) is 0 Å². The molecule has 1 aliphatic rings. The van der Waals surface area contributed by atoms with Crippen LogP contribution in [0, 0.1) is 5.41 Å². The van der Waals surface area contributed by atoms with Crippen molar-refractivity contribution in [1.29, 1.82) is 0 Å². The summed E-state index contributed by atoms with van der Waals surface area (Å²) in [4.78, 5) is 0.311. The molecule has 0 amide bonds. The second-order valence-corrected chi connectivity index (χ2v) is 7.31. The van der Waals surface area contributed by atoms with Crippen LogP contribution in [0.15, 0.2) is 23.1 Å². The van der Waals surface area contributed by atoms with Gasteiger partial charge in [0.1, 0.15) is 0 Å². The molecule has 88 valence electrons. The molecule has 1 aromatic carbocycles. The number of sulfone groups is 1. The summed E-state index contributed by atoms with van der Waals surface area (Å²) in [6.07, 6.45) is 0. The Bertz CT molecular complexity index is 523. The molecule has 3 nitrogen and oxygen atoms in total. The van der Waals surface area contributed by atoms with Crippen molar-refractivity contribution in [2.75, 3.05) is 17.6 Å². The Kier molecular flexibility index (Phi) is 2.67. The summed E-state index contributed by atoms with van der Waals surface area (Å²) in [5, 5.41) is 3.61. The van der Waals surface area contributed by atoms with Gasteiger partial charge in [0.05, 0.1) is 16.3 Å². The van der Waals surface area contributed by atoms with Crippen molar-refractivity contribution in [1.82, 2.24) is 0 Å². The molecule has 0 fully saturated rings. The minimum atomic E-state index is -3.26. The smallest absolute Gasteiger partial charge is 0.181 e. The summed E-state index contributed by atoms with van der Waals surface area (Å²) < 4.78 is 24.3. The van der Waals surface area contributed by atoms with E-state index in [1.54, 1.807) is 12.1 Å². The number of hydrogen-bond acceptors (Lipinski definition) is 3. The van der Waals surface area contributed by atoms with E-state index in [1.807, 2.05) is 13.8 Å². The van der Waals surface area contributed by atoms with Gasteiger partial charge in [-0.1, -0.05) is 25.4 Å². The van der Waals surface area contributed by atoms with Crippen molar-refractivity contribution in [2.45, 2.75) is 18.7 Å². The number of hydrogen-bond donors (Lipinski definition) is 1. The van der Waals surface area contributed by atoms with Crippen LogP contribution < -0.4 is 5.32 Å². The van der Waals surface area contributed by atoms with Gasteiger partial charge >= 0.3 is 0 Å². The number of fused-ring (bicyclic) bond motifs is 1. The van der Waals surface area contributed by atoms with Crippen molar-refractivity contribution < 1.29 is 8.42 Å². The molecule has 1 N–H and O–H groups in total. The lowest BCUT2D eigenvalue weighted by atomic mass is 9.96. The van der Waals surface area contributed by atoms with Gasteiger partial charge in [-0.05, 0) is 23.6 Å². The third-order valence-electron chi connectivity index (χ3n) is 2.62. The molecule has 0 radical (unpaired) electrons. The lowest BCUT2D eigenvalue weighted by molar-refractivity contribution is 0.442. The first-order chi connectivity index (χ1) is 7.30. The van der Waals surface area contributed by atoms with Crippen LogP contribution in [0.25, 0.3) is 0 Å².